The topological polar surface area (TPSA) is 0 Å². The van der Waals surface area contributed by atoms with Gasteiger partial charge in [0.2, 0.25) is 0 Å². The summed E-state index contributed by atoms with van der Waals surface area (Å²) < 4.78 is 0. The Morgan fingerprint density at radius 2 is 0.600 bits per heavy atom. The van der Waals surface area contributed by atoms with Gasteiger partial charge in [0, 0.05) is 0 Å². The van der Waals surface area contributed by atoms with Gasteiger partial charge in [0.05, 0.1) is 0 Å². The molecule has 0 atom stereocenters. The summed E-state index contributed by atoms with van der Waals surface area (Å²) in [7, 11) is 0. The van der Waals surface area contributed by atoms with E-state index >= 15 is 0 Å². The lowest BCUT2D eigenvalue weighted by Gasteiger charge is -1.89. The van der Waals surface area contributed by atoms with Crippen molar-refractivity contribution in [2.75, 3.05) is 0 Å². The summed E-state index contributed by atoms with van der Waals surface area (Å²) in [6, 6.07) is 0. The van der Waals surface area contributed by atoms with Crippen LogP contribution in [0.15, 0.2) is 24.3 Å². The van der Waals surface area contributed by atoms with Crippen LogP contribution in [-0.2, 0) is 0 Å². The van der Waals surface area contributed by atoms with Crippen molar-refractivity contribution >= 4 is 0 Å². The highest BCUT2D eigenvalue weighted by Crippen LogP contribution is 2.00. The summed E-state index contributed by atoms with van der Waals surface area (Å²) in [5.41, 5.74) is 0. The standard InChI is InChI=1S/2C10H20/c2*1-3-5-7-9-10-8-6-4-2/h2*9-10H,3-8H2,1-2H3/b10-9+;10-9-. The molecule has 0 amide bonds. The van der Waals surface area contributed by atoms with Crippen molar-refractivity contribution in [3.63, 3.8) is 0 Å². The normalized spacial score (nSPS) is 11.0. The summed E-state index contributed by atoms with van der Waals surface area (Å²) in [5, 5.41) is 0. The molecular formula is C20H40. The first-order chi connectivity index (χ1) is 9.83. The lowest BCUT2D eigenvalue weighted by atomic mass is 10.2. The molecule has 0 aromatic carbocycles. The minimum Gasteiger partial charge on any atom is -0.0885 e. The van der Waals surface area contributed by atoms with Gasteiger partial charge < -0.3 is 0 Å². The third-order valence-electron chi connectivity index (χ3n) is 3.23. The van der Waals surface area contributed by atoms with Crippen LogP contribution in [0.2, 0.25) is 0 Å². The molecule has 0 unspecified atom stereocenters. The van der Waals surface area contributed by atoms with Crippen molar-refractivity contribution in [2.24, 2.45) is 0 Å². The van der Waals surface area contributed by atoms with Crippen molar-refractivity contribution in [3.8, 4) is 0 Å². The molecular weight excluding hydrogens is 240 g/mol. The van der Waals surface area contributed by atoms with Crippen LogP contribution >= 0.6 is 0 Å². The number of rotatable bonds is 12. The number of hydrogen-bond acceptors (Lipinski definition) is 0. The van der Waals surface area contributed by atoms with Crippen molar-refractivity contribution in [2.45, 2.75) is 105 Å². The minimum atomic E-state index is 1.28. The van der Waals surface area contributed by atoms with Gasteiger partial charge in [-0.1, -0.05) is 103 Å². The van der Waals surface area contributed by atoms with Gasteiger partial charge in [0.1, 0.15) is 0 Å². The quantitative estimate of drug-likeness (QED) is 0.252. The summed E-state index contributed by atoms with van der Waals surface area (Å²) in [5.74, 6) is 0. The summed E-state index contributed by atoms with van der Waals surface area (Å²) in [4.78, 5) is 0. The van der Waals surface area contributed by atoms with Crippen molar-refractivity contribution < 1.29 is 0 Å². The molecule has 0 aromatic rings. The number of unbranched alkanes of at least 4 members (excludes halogenated alkanes) is 8. The summed E-state index contributed by atoms with van der Waals surface area (Å²) in [6.07, 6.45) is 25.1. The molecule has 20 heavy (non-hydrogen) atoms. The molecule has 0 heteroatoms. The van der Waals surface area contributed by atoms with Crippen LogP contribution in [0.25, 0.3) is 0 Å². The van der Waals surface area contributed by atoms with Crippen molar-refractivity contribution in [1.29, 1.82) is 0 Å². The molecule has 0 bridgehead atoms. The Balaban J connectivity index is 0. The minimum absolute atomic E-state index is 1.28. The molecule has 0 spiro atoms. The second kappa shape index (κ2) is 23.6. The Morgan fingerprint density at radius 3 is 0.750 bits per heavy atom. The monoisotopic (exact) mass is 280 g/mol. The fourth-order valence-corrected chi connectivity index (χ4v) is 1.76. The van der Waals surface area contributed by atoms with E-state index in [0.717, 1.165) is 0 Å². The largest absolute Gasteiger partial charge is 0.0885 e. The third kappa shape index (κ3) is 26.1. The first-order valence-electron chi connectivity index (χ1n) is 9.13. The highest BCUT2D eigenvalue weighted by molar-refractivity contribution is 4.81. The van der Waals surface area contributed by atoms with E-state index in [2.05, 4.69) is 52.0 Å². The molecule has 0 saturated heterocycles. The molecule has 0 heterocycles. The Kier molecular flexibility index (Phi) is 25.7. The predicted molar refractivity (Wildman–Crippen MR) is 96.4 cm³/mol. The fourth-order valence-electron chi connectivity index (χ4n) is 1.76. The Bertz CT molecular complexity index is 146. The van der Waals surface area contributed by atoms with E-state index in [-0.39, 0.29) is 0 Å². The maximum atomic E-state index is 2.32. The average molecular weight is 281 g/mol. The van der Waals surface area contributed by atoms with Gasteiger partial charge in [-0.3, -0.25) is 0 Å². The van der Waals surface area contributed by atoms with E-state index < -0.39 is 0 Å². The Morgan fingerprint density at radius 1 is 0.400 bits per heavy atom. The van der Waals surface area contributed by atoms with Gasteiger partial charge >= 0.3 is 0 Å². The lowest BCUT2D eigenvalue weighted by molar-refractivity contribution is 0.793. The molecule has 0 N–H and O–H groups in total. The van der Waals surface area contributed by atoms with Crippen LogP contribution in [0.3, 0.4) is 0 Å². The summed E-state index contributed by atoms with van der Waals surface area (Å²) >= 11 is 0. The van der Waals surface area contributed by atoms with Gasteiger partial charge in [0.15, 0.2) is 0 Å². The first-order valence-corrected chi connectivity index (χ1v) is 9.13. The number of allylic oxidation sites excluding steroid dienone is 4. The van der Waals surface area contributed by atoms with Crippen LogP contribution in [-0.4, -0.2) is 0 Å². The SMILES string of the molecule is CCCC/C=C/CCCC.CCCC/C=C\CCCC. The maximum absolute atomic E-state index is 2.32. The van der Waals surface area contributed by atoms with Crippen LogP contribution in [0.5, 0.6) is 0 Å². The second-order valence-corrected chi connectivity index (χ2v) is 5.51. The second-order valence-electron chi connectivity index (χ2n) is 5.51. The first kappa shape index (κ1) is 21.8. The molecule has 0 aromatic heterocycles. The van der Waals surface area contributed by atoms with Crippen LogP contribution in [0, 0.1) is 0 Å². The van der Waals surface area contributed by atoms with E-state index in [1.54, 1.807) is 0 Å². The zero-order valence-corrected chi connectivity index (χ0v) is 14.8. The highest BCUT2D eigenvalue weighted by Gasteiger charge is 1.79. The Labute approximate surface area is 129 Å². The van der Waals surface area contributed by atoms with Gasteiger partial charge in [0.25, 0.3) is 0 Å². The van der Waals surface area contributed by atoms with Gasteiger partial charge in [-0.05, 0) is 25.7 Å². The van der Waals surface area contributed by atoms with Crippen molar-refractivity contribution in [3.05, 3.63) is 24.3 Å². The molecule has 0 aliphatic rings. The molecule has 120 valence electrons. The van der Waals surface area contributed by atoms with E-state index in [1.165, 1.54) is 77.0 Å². The molecule has 0 nitrogen and oxygen atoms in total. The lowest BCUT2D eigenvalue weighted by Crippen LogP contribution is -1.69. The smallest absolute Gasteiger partial charge is 0.0351 e. The molecule has 0 fully saturated rings. The third-order valence-corrected chi connectivity index (χ3v) is 3.23. The van der Waals surface area contributed by atoms with Crippen LogP contribution < -0.4 is 0 Å². The molecule has 0 saturated carbocycles. The molecule has 0 aliphatic carbocycles. The van der Waals surface area contributed by atoms with Crippen molar-refractivity contribution in [1.82, 2.24) is 0 Å². The van der Waals surface area contributed by atoms with Crippen LogP contribution in [0.4, 0.5) is 0 Å². The number of hydrogen-bond donors (Lipinski definition) is 0. The summed E-state index contributed by atoms with van der Waals surface area (Å²) in [6.45, 7) is 8.94. The fraction of sp³-hybridized carbons (Fsp3) is 0.800. The predicted octanol–water partition coefficient (Wildman–Crippen LogP) is 7.85. The van der Waals surface area contributed by atoms with Gasteiger partial charge in [-0.25, -0.2) is 0 Å². The van der Waals surface area contributed by atoms with E-state index in [9.17, 15) is 0 Å². The van der Waals surface area contributed by atoms with Gasteiger partial charge in [-0.15, -0.1) is 0 Å². The highest BCUT2D eigenvalue weighted by atomic mass is 13.9. The van der Waals surface area contributed by atoms with Crippen LogP contribution in [0.1, 0.15) is 105 Å². The van der Waals surface area contributed by atoms with E-state index in [1.807, 2.05) is 0 Å². The molecule has 0 rings (SSSR count). The zero-order chi connectivity index (χ0) is 15.3. The molecule has 0 radical (unpaired) electrons. The zero-order valence-electron chi connectivity index (χ0n) is 14.8. The Hall–Kier alpha value is -0.520. The van der Waals surface area contributed by atoms with Gasteiger partial charge in [-0.2, -0.15) is 0 Å². The molecule has 0 aliphatic heterocycles. The van der Waals surface area contributed by atoms with E-state index in [0.29, 0.717) is 0 Å². The van der Waals surface area contributed by atoms with E-state index in [4.69, 9.17) is 0 Å². The average Bonchev–Trinajstić information content (AvgIpc) is 2.47. The maximum Gasteiger partial charge on any atom is -0.0351 e.